The van der Waals surface area contributed by atoms with E-state index in [2.05, 4.69) is 17.1 Å². The van der Waals surface area contributed by atoms with E-state index in [9.17, 15) is 9.90 Å². The molecule has 0 heterocycles. The molecule has 0 aromatic carbocycles. The Balaban J connectivity index is 1.59. The molecule has 0 radical (unpaired) electrons. The van der Waals surface area contributed by atoms with Crippen molar-refractivity contribution in [3.63, 3.8) is 0 Å². The normalized spacial score (nSPS) is 26.6. The molecule has 2 unspecified atom stereocenters. The first-order chi connectivity index (χ1) is 9.96. The van der Waals surface area contributed by atoms with Gasteiger partial charge in [0.05, 0.1) is 0 Å². The molecule has 3 aliphatic rings. The zero-order chi connectivity index (χ0) is 15.0. The van der Waals surface area contributed by atoms with Gasteiger partial charge >= 0.3 is 5.97 Å². The molecule has 0 bridgehead atoms. The summed E-state index contributed by atoms with van der Waals surface area (Å²) < 4.78 is 0. The summed E-state index contributed by atoms with van der Waals surface area (Å²) >= 11 is 0. The van der Waals surface area contributed by atoms with E-state index in [0.29, 0.717) is 18.5 Å². The standard InChI is InChI=1S/C17H30N2O2/c1-12(9-17(2,16(20)21)18-15-7-8-15)19(10-13-3-4-13)11-14-5-6-14/h12-15,18H,3-11H2,1-2H3,(H,20,21). The number of nitrogens with zero attached hydrogens (tertiary/aromatic N) is 1. The van der Waals surface area contributed by atoms with E-state index in [1.54, 1.807) is 0 Å². The zero-order valence-corrected chi connectivity index (χ0v) is 13.5. The molecule has 0 aliphatic heterocycles. The van der Waals surface area contributed by atoms with Crippen molar-refractivity contribution in [1.29, 1.82) is 0 Å². The molecule has 3 aliphatic carbocycles. The van der Waals surface area contributed by atoms with Gasteiger partial charge in [0.25, 0.3) is 0 Å². The molecule has 2 atom stereocenters. The first-order valence-electron chi connectivity index (χ1n) is 8.71. The molecule has 0 saturated heterocycles. The highest BCUT2D eigenvalue weighted by Crippen LogP contribution is 2.35. The molecule has 120 valence electrons. The van der Waals surface area contributed by atoms with Gasteiger partial charge in [-0.25, -0.2) is 0 Å². The van der Waals surface area contributed by atoms with Crippen LogP contribution in [0.5, 0.6) is 0 Å². The van der Waals surface area contributed by atoms with Gasteiger partial charge in [-0.05, 0) is 70.6 Å². The summed E-state index contributed by atoms with van der Waals surface area (Å²) in [6.07, 6.45) is 8.43. The molecule has 0 aromatic rings. The lowest BCUT2D eigenvalue weighted by Gasteiger charge is -2.36. The van der Waals surface area contributed by atoms with Gasteiger partial charge in [-0.1, -0.05) is 0 Å². The molecular formula is C17H30N2O2. The minimum atomic E-state index is -0.772. The molecule has 0 aromatic heterocycles. The molecule has 3 rings (SSSR count). The van der Waals surface area contributed by atoms with Crippen molar-refractivity contribution in [2.24, 2.45) is 11.8 Å². The van der Waals surface area contributed by atoms with E-state index in [-0.39, 0.29) is 0 Å². The number of carbonyl (C=O) groups is 1. The molecule has 3 fully saturated rings. The number of hydrogen-bond donors (Lipinski definition) is 2. The molecule has 0 amide bonds. The fourth-order valence-electron chi connectivity index (χ4n) is 3.30. The molecule has 0 spiro atoms. The van der Waals surface area contributed by atoms with E-state index in [4.69, 9.17) is 0 Å². The van der Waals surface area contributed by atoms with Crippen molar-refractivity contribution in [2.45, 2.75) is 76.4 Å². The maximum Gasteiger partial charge on any atom is 0.323 e. The van der Waals surface area contributed by atoms with Crippen LogP contribution in [-0.2, 0) is 4.79 Å². The lowest BCUT2D eigenvalue weighted by molar-refractivity contribution is -0.145. The molecule has 4 heteroatoms. The van der Waals surface area contributed by atoms with Crippen molar-refractivity contribution in [3.05, 3.63) is 0 Å². The average molecular weight is 294 g/mol. The highest BCUT2D eigenvalue weighted by Gasteiger charge is 2.41. The van der Waals surface area contributed by atoms with Crippen molar-refractivity contribution < 1.29 is 9.90 Å². The van der Waals surface area contributed by atoms with Gasteiger partial charge in [0.15, 0.2) is 0 Å². The van der Waals surface area contributed by atoms with Crippen LogP contribution in [-0.4, -0.2) is 46.7 Å². The van der Waals surface area contributed by atoms with E-state index in [1.807, 2.05) is 6.92 Å². The third-order valence-electron chi connectivity index (χ3n) is 5.28. The third-order valence-corrected chi connectivity index (χ3v) is 5.28. The van der Waals surface area contributed by atoms with Gasteiger partial charge in [0.1, 0.15) is 5.54 Å². The highest BCUT2D eigenvalue weighted by molar-refractivity contribution is 5.78. The second-order valence-corrected chi connectivity index (χ2v) is 7.95. The predicted molar refractivity (Wildman–Crippen MR) is 83.3 cm³/mol. The third kappa shape index (κ3) is 4.43. The van der Waals surface area contributed by atoms with Crippen LogP contribution in [0.25, 0.3) is 0 Å². The minimum Gasteiger partial charge on any atom is -0.480 e. The first kappa shape index (κ1) is 15.3. The Morgan fingerprint density at radius 2 is 1.71 bits per heavy atom. The topological polar surface area (TPSA) is 52.6 Å². The van der Waals surface area contributed by atoms with E-state index < -0.39 is 11.5 Å². The van der Waals surface area contributed by atoms with E-state index in [0.717, 1.165) is 24.7 Å². The number of nitrogens with one attached hydrogen (secondary N) is 1. The van der Waals surface area contributed by atoms with Crippen LogP contribution < -0.4 is 5.32 Å². The Morgan fingerprint density at radius 1 is 1.19 bits per heavy atom. The summed E-state index contributed by atoms with van der Waals surface area (Å²) in [5, 5.41) is 13.0. The lowest BCUT2D eigenvalue weighted by Crippen LogP contribution is -2.54. The predicted octanol–water partition coefficient (Wildman–Crippen LogP) is 2.48. The van der Waals surface area contributed by atoms with Crippen LogP contribution in [0.1, 0.15) is 58.8 Å². The summed E-state index contributed by atoms with van der Waals surface area (Å²) in [6.45, 7) is 6.45. The first-order valence-corrected chi connectivity index (χ1v) is 8.71. The van der Waals surface area contributed by atoms with Gasteiger partial charge in [0, 0.05) is 25.2 Å². The fraction of sp³-hybridized carbons (Fsp3) is 0.941. The molecule has 3 saturated carbocycles. The number of carboxylic acid groups (broad SMARTS) is 1. The molecular weight excluding hydrogens is 264 g/mol. The number of aliphatic carboxylic acids is 1. The Kier molecular flexibility index (Phi) is 4.28. The van der Waals surface area contributed by atoms with Gasteiger partial charge in [-0.3, -0.25) is 10.1 Å². The number of rotatable bonds is 10. The second kappa shape index (κ2) is 5.88. The van der Waals surface area contributed by atoms with Crippen molar-refractivity contribution in [2.75, 3.05) is 13.1 Å². The molecule has 4 nitrogen and oxygen atoms in total. The summed E-state index contributed by atoms with van der Waals surface area (Å²) in [6, 6.07) is 0.775. The van der Waals surface area contributed by atoms with Crippen LogP contribution in [0, 0.1) is 11.8 Å². The van der Waals surface area contributed by atoms with Gasteiger partial charge in [0.2, 0.25) is 0 Å². The van der Waals surface area contributed by atoms with Crippen molar-refractivity contribution >= 4 is 5.97 Å². The monoisotopic (exact) mass is 294 g/mol. The van der Waals surface area contributed by atoms with Gasteiger partial charge in [-0.2, -0.15) is 0 Å². The number of carboxylic acids is 1. The summed E-state index contributed by atoms with van der Waals surface area (Å²) in [7, 11) is 0. The van der Waals surface area contributed by atoms with Gasteiger partial charge in [-0.15, -0.1) is 0 Å². The summed E-state index contributed by atoms with van der Waals surface area (Å²) in [5.74, 6) is 1.05. The summed E-state index contributed by atoms with van der Waals surface area (Å²) in [5.41, 5.74) is -0.772. The zero-order valence-electron chi connectivity index (χ0n) is 13.5. The fourth-order valence-corrected chi connectivity index (χ4v) is 3.30. The van der Waals surface area contributed by atoms with Crippen LogP contribution in [0.2, 0.25) is 0 Å². The smallest absolute Gasteiger partial charge is 0.323 e. The van der Waals surface area contributed by atoms with E-state index >= 15 is 0 Å². The van der Waals surface area contributed by atoms with E-state index in [1.165, 1.54) is 38.8 Å². The maximum absolute atomic E-state index is 11.7. The second-order valence-electron chi connectivity index (χ2n) is 7.95. The Morgan fingerprint density at radius 3 is 2.10 bits per heavy atom. The Bertz CT molecular complexity index is 374. The average Bonchev–Trinajstić information content (AvgIpc) is 3.20. The quantitative estimate of drug-likeness (QED) is 0.650. The van der Waals surface area contributed by atoms with Crippen LogP contribution >= 0.6 is 0 Å². The van der Waals surface area contributed by atoms with Crippen LogP contribution in [0.4, 0.5) is 0 Å². The minimum absolute atomic E-state index is 0.346. The molecule has 2 N–H and O–H groups in total. The lowest BCUT2D eigenvalue weighted by atomic mass is 9.92. The molecule has 21 heavy (non-hydrogen) atoms. The Labute approximate surface area is 128 Å². The SMILES string of the molecule is CC(CC(C)(NC1CC1)C(=O)O)N(CC1CC1)CC1CC1. The number of hydrogen-bond acceptors (Lipinski definition) is 3. The maximum atomic E-state index is 11.7. The van der Waals surface area contributed by atoms with Crippen molar-refractivity contribution in [1.82, 2.24) is 10.2 Å². The Hall–Kier alpha value is -0.610. The van der Waals surface area contributed by atoms with Crippen LogP contribution in [0.3, 0.4) is 0 Å². The largest absolute Gasteiger partial charge is 0.480 e. The summed E-state index contributed by atoms with van der Waals surface area (Å²) in [4.78, 5) is 14.3. The highest BCUT2D eigenvalue weighted by atomic mass is 16.4. The van der Waals surface area contributed by atoms with Crippen LogP contribution in [0.15, 0.2) is 0 Å². The van der Waals surface area contributed by atoms with Gasteiger partial charge < -0.3 is 10.0 Å². The van der Waals surface area contributed by atoms with Crippen molar-refractivity contribution in [3.8, 4) is 0 Å².